The van der Waals surface area contributed by atoms with E-state index in [4.69, 9.17) is 5.73 Å². The normalized spacial score (nSPS) is 12.4. The highest BCUT2D eigenvalue weighted by molar-refractivity contribution is 5.77. The summed E-state index contributed by atoms with van der Waals surface area (Å²) in [6.45, 7) is 1.67. The molecule has 3 nitrogen and oxygen atoms in total. The molecule has 20 heavy (non-hydrogen) atoms. The predicted molar refractivity (Wildman–Crippen MR) is 74.0 cm³/mol. The Hall–Kier alpha value is -2.01. The van der Waals surface area contributed by atoms with Gasteiger partial charge in [-0.2, -0.15) is 0 Å². The van der Waals surface area contributed by atoms with Crippen molar-refractivity contribution >= 4 is 5.69 Å². The molecule has 0 bridgehead atoms. The van der Waals surface area contributed by atoms with E-state index in [0.717, 1.165) is 18.2 Å². The van der Waals surface area contributed by atoms with E-state index < -0.39 is 17.7 Å². The number of hydrogen-bond donors (Lipinski definition) is 2. The molecule has 1 aromatic carbocycles. The van der Waals surface area contributed by atoms with Gasteiger partial charge in [-0.15, -0.1) is 0 Å². The minimum absolute atomic E-state index is 0.114. The van der Waals surface area contributed by atoms with E-state index in [-0.39, 0.29) is 5.56 Å². The number of nitrogens with two attached hydrogens (primary N) is 1. The molecule has 0 spiro atoms. The second kappa shape index (κ2) is 5.96. The average Bonchev–Trinajstić information content (AvgIpc) is 2.40. The van der Waals surface area contributed by atoms with Gasteiger partial charge in [0.25, 0.3) is 0 Å². The van der Waals surface area contributed by atoms with Gasteiger partial charge in [-0.05, 0) is 44.0 Å². The van der Waals surface area contributed by atoms with Crippen molar-refractivity contribution in [2.24, 2.45) is 0 Å². The van der Waals surface area contributed by atoms with Crippen LogP contribution in [0.25, 0.3) is 11.1 Å². The standard InChI is InChI=1S/C15H16F2N2O/c1-9(20)2-5-14-15(18)11(6-7-19-14)12-8-10(16)3-4-13(12)17/h3-4,6-9,20H,2,5,18H2,1H3. The maximum absolute atomic E-state index is 13.8. The molecule has 0 amide bonds. The van der Waals surface area contributed by atoms with E-state index in [1.807, 2.05) is 0 Å². The Morgan fingerprint density at radius 3 is 2.70 bits per heavy atom. The minimum atomic E-state index is -0.536. The van der Waals surface area contributed by atoms with Gasteiger partial charge >= 0.3 is 0 Å². The monoisotopic (exact) mass is 278 g/mol. The molecule has 0 aliphatic rings. The molecule has 0 fully saturated rings. The summed E-state index contributed by atoms with van der Waals surface area (Å²) < 4.78 is 27.1. The Balaban J connectivity index is 2.42. The van der Waals surface area contributed by atoms with Crippen molar-refractivity contribution in [3.8, 4) is 11.1 Å². The number of anilines is 1. The number of aliphatic hydroxyl groups is 1. The highest BCUT2D eigenvalue weighted by Crippen LogP contribution is 2.30. The first-order valence-electron chi connectivity index (χ1n) is 6.36. The quantitative estimate of drug-likeness (QED) is 0.904. The zero-order chi connectivity index (χ0) is 14.7. The van der Waals surface area contributed by atoms with Crippen LogP contribution < -0.4 is 5.73 Å². The van der Waals surface area contributed by atoms with Crippen LogP contribution in [0, 0.1) is 11.6 Å². The molecule has 3 N–H and O–H groups in total. The molecule has 106 valence electrons. The van der Waals surface area contributed by atoms with Gasteiger partial charge in [-0.1, -0.05) is 0 Å². The summed E-state index contributed by atoms with van der Waals surface area (Å²) in [5, 5.41) is 9.29. The Labute approximate surface area is 116 Å². The van der Waals surface area contributed by atoms with Crippen molar-refractivity contribution in [2.45, 2.75) is 25.9 Å². The van der Waals surface area contributed by atoms with Gasteiger partial charge in [0.2, 0.25) is 0 Å². The zero-order valence-electron chi connectivity index (χ0n) is 11.1. The van der Waals surface area contributed by atoms with Crippen molar-refractivity contribution in [2.75, 3.05) is 5.73 Å². The molecule has 0 aliphatic heterocycles. The first-order chi connectivity index (χ1) is 9.49. The van der Waals surface area contributed by atoms with Crippen LogP contribution in [0.1, 0.15) is 19.0 Å². The summed E-state index contributed by atoms with van der Waals surface area (Å²) in [5.41, 5.74) is 7.41. The van der Waals surface area contributed by atoms with Crippen LogP contribution in [0.4, 0.5) is 14.5 Å². The first kappa shape index (κ1) is 14.4. The number of pyridine rings is 1. The number of aryl methyl sites for hydroxylation is 1. The number of halogens is 2. The fourth-order valence-corrected chi connectivity index (χ4v) is 2.00. The topological polar surface area (TPSA) is 59.1 Å². The van der Waals surface area contributed by atoms with E-state index in [2.05, 4.69) is 4.98 Å². The maximum atomic E-state index is 13.8. The summed E-state index contributed by atoms with van der Waals surface area (Å²) in [6.07, 6.45) is 2.03. The van der Waals surface area contributed by atoms with E-state index in [0.29, 0.717) is 29.8 Å². The molecule has 0 aliphatic carbocycles. The largest absolute Gasteiger partial charge is 0.397 e. The van der Waals surface area contributed by atoms with E-state index in [1.54, 1.807) is 13.0 Å². The van der Waals surface area contributed by atoms with E-state index in [1.165, 1.54) is 6.20 Å². The van der Waals surface area contributed by atoms with Gasteiger partial charge in [0.15, 0.2) is 0 Å². The molecule has 0 saturated carbocycles. The Kier molecular flexibility index (Phi) is 4.29. The summed E-state index contributed by atoms with van der Waals surface area (Å²) in [4.78, 5) is 4.14. The summed E-state index contributed by atoms with van der Waals surface area (Å²) in [5.74, 6) is -1.06. The van der Waals surface area contributed by atoms with Crippen LogP contribution >= 0.6 is 0 Å². The number of aromatic nitrogens is 1. The van der Waals surface area contributed by atoms with E-state index >= 15 is 0 Å². The Bertz CT molecular complexity index is 615. The Morgan fingerprint density at radius 1 is 1.25 bits per heavy atom. The number of nitrogen functional groups attached to an aromatic ring is 1. The highest BCUT2D eigenvalue weighted by atomic mass is 19.1. The van der Waals surface area contributed by atoms with Gasteiger partial charge < -0.3 is 10.8 Å². The number of nitrogens with zero attached hydrogens (tertiary/aromatic N) is 1. The van der Waals surface area contributed by atoms with Crippen molar-refractivity contribution in [3.63, 3.8) is 0 Å². The molecule has 0 saturated heterocycles. The highest BCUT2D eigenvalue weighted by Gasteiger charge is 2.13. The molecule has 2 aromatic rings. The molecule has 1 heterocycles. The van der Waals surface area contributed by atoms with Crippen LogP contribution in [0.3, 0.4) is 0 Å². The lowest BCUT2D eigenvalue weighted by molar-refractivity contribution is 0.184. The summed E-state index contributed by atoms with van der Waals surface area (Å²) >= 11 is 0. The summed E-state index contributed by atoms with van der Waals surface area (Å²) in [7, 11) is 0. The zero-order valence-corrected chi connectivity index (χ0v) is 11.1. The average molecular weight is 278 g/mol. The lowest BCUT2D eigenvalue weighted by Crippen LogP contribution is -2.06. The summed E-state index contributed by atoms with van der Waals surface area (Å²) in [6, 6.07) is 4.79. The van der Waals surface area contributed by atoms with E-state index in [9.17, 15) is 13.9 Å². The minimum Gasteiger partial charge on any atom is -0.397 e. The molecular formula is C15H16F2N2O. The molecule has 1 aromatic heterocycles. The molecule has 1 atom stereocenters. The number of benzene rings is 1. The lowest BCUT2D eigenvalue weighted by atomic mass is 10.0. The molecule has 0 radical (unpaired) electrons. The fourth-order valence-electron chi connectivity index (χ4n) is 2.00. The van der Waals surface area contributed by atoms with Gasteiger partial charge in [-0.3, -0.25) is 4.98 Å². The fraction of sp³-hybridized carbons (Fsp3) is 0.267. The third kappa shape index (κ3) is 3.11. The predicted octanol–water partition coefficient (Wildman–Crippen LogP) is 2.92. The maximum Gasteiger partial charge on any atom is 0.131 e. The second-order valence-electron chi connectivity index (χ2n) is 4.73. The van der Waals surface area contributed by atoms with Crippen molar-refractivity contribution in [3.05, 3.63) is 47.8 Å². The van der Waals surface area contributed by atoms with Crippen LogP contribution in [0.5, 0.6) is 0 Å². The van der Waals surface area contributed by atoms with Crippen LogP contribution in [0.2, 0.25) is 0 Å². The van der Waals surface area contributed by atoms with Crippen molar-refractivity contribution in [1.82, 2.24) is 4.98 Å². The Morgan fingerprint density at radius 2 is 2.00 bits per heavy atom. The van der Waals surface area contributed by atoms with Crippen LogP contribution in [-0.4, -0.2) is 16.2 Å². The third-order valence-corrected chi connectivity index (χ3v) is 3.09. The van der Waals surface area contributed by atoms with Crippen LogP contribution in [0.15, 0.2) is 30.5 Å². The van der Waals surface area contributed by atoms with Crippen LogP contribution in [-0.2, 0) is 6.42 Å². The van der Waals surface area contributed by atoms with Crippen molar-refractivity contribution in [1.29, 1.82) is 0 Å². The molecule has 5 heteroatoms. The number of rotatable bonds is 4. The van der Waals surface area contributed by atoms with Gasteiger partial charge in [0.05, 0.1) is 17.5 Å². The number of hydrogen-bond acceptors (Lipinski definition) is 3. The molecular weight excluding hydrogens is 262 g/mol. The smallest absolute Gasteiger partial charge is 0.131 e. The van der Waals surface area contributed by atoms with Gasteiger partial charge in [0, 0.05) is 17.3 Å². The van der Waals surface area contributed by atoms with Crippen molar-refractivity contribution < 1.29 is 13.9 Å². The van der Waals surface area contributed by atoms with Gasteiger partial charge in [-0.25, -0.2) is 8.78 Å². The first-order valence-corrected chi connectivity index (χ1v) is 6.36. The second-order valence-corrected chi connectivity index (χ2v) is 4.73. The lowest BCUT2D eigenvalue weighted by Gasteiger charge is -2.12. The number of aliphatic hydroxyl groups excluding tert-OH is 1. The SMILES string of the molecule is CC(O)CCc1nccc(-c2cc(F)ccc2F)c1N. The molecule has 2 rings (SSSR count). The molecule has 1 unspecified atom stereocenters. The van der Waals surface area contributed by atoms with Gasteiger partial charge in [0.1, 0.15) is 11.6 Å². The third-order valence-electron chi connectivity index (χ3n) is 3.09.